The molecular formula is C13H19FN2O3S. The number of hydrogen-bond donors (Lipinski definition) is 2. The first-order valence-corrected chi connectivity index (χ1v) is 7.86. The second-order valence-electron chi connectivity index (χ2n) is 5.04. The van der Waals surface area contributed by atoms with Crippen LogP contribution in [0.25, 0.3) is 0 Å². The number of rotatable bonds is 5. The van der Waals surface area contributed by atoms with Gasteiger partial charge in [0.1, 0.15) is 11.6 Å². The van der Waals surface area contributed by atoms with Crippen LogP contribution in [0.3, 0.4) is 0 Å². The van der Waals surface area contributed by atoms with E-state index in [4.69, 9.17) is 5.73 Å². The van der Waals surface area contributed by atoms with Crippen LogP contribution >= 0.6 is 0 Å². The van der Waals surface area contributed by atoms with E-state index in [1.165, 1.54) is 6.07 Å². The zero-order valence-corrected chi connectivity index (χ0v) is 12.5. The molecule has 0 heterocycles. The van der Waals surface area contributed by atoms with E-state index in [-0.39, 0.29) is 22.5 Å². The summed E-state index contributed by atoms with van der Waals surface area (Å²) in [5, 5.41) is 2.59. The van der Waals surface area contributed by atoms with Crippen molar-refractivity contribution >= 4 is 21.4 Å². The topological polar surface area (TPSA) is 89.3 Å². The molecule has 0 aliphatic rings. The highest BCUT2D eigenvalue weighted by Crippen LogP contribution is 2.17. The number of halogens is 1. The third kappa shape index (κ3) is 4.19. The molecule has 0 aliphatic carbocycles. The predicted molar refractivity (Wildman–Crippen MR) is 75.3 cm³/mol. The largest absolute Gasteiger partial charge is 0.396 e. The van der Waals surface area contributed by atoms with Crippen molar-refractivity contribution in [3.8, 4) is 0 Å². The highest BCUT2D eigenvalue weighted by Gasteiger charge is 2.22. The average molecular weight is 302 g/mol. The number of nitrogens with two attached hydrogens (primary N) is 1. The van der Waals surface area contributed by atoms with E-state index in [0.29, 0.717) is 0 Å². The van der Waals surface area contributed by atoms with Gasteiger partial charge in [0.05, 0.1) is 10.6 Å². The van der Waals surface area contributed by atoms with Crippen LogP contribution in [0, 0.1) is 11.7 Å². The van der Waals surface area contributed by atoms with Gasteiger partial charge in [-0.2, -0.15) is 0 Å². The Morgan fingerprint density at radius 3 is 2.45 bits per heavy atom. The van der Waals surface area contributed by atoms with Crippen molar-refractivity contribution < 1.29 is 17.6 Å². The summed E-state index contributed by atoms with van der Waals surface area (Å²) in [6.45, 7) is 5.61. The molecule has 3 N–H and O–H groups in total. The van der Waals surface area contributed by atoms with Gasteiger partial charge in [0.25, 0.3) is 0 Å². The van der Waals surface area contributed by atoms with Crippen molar-refractivity contribution in [2.24, 2.45) is 5.92 Å². The number of carbonyl (C=O) groups excluding carboxylic acids is 1. The maximum Gasteiger partial charge on any atom is 0.235 e. The van der Waals surface area contributed by atoms with Crippen LogP contribution in [0.2, 0.25) is 0 Å². The molecule has 5 nitrogen and oxygen atoms in total. The Morgan fingerprint density at radius 1 is 1.35 bits per heavy atom. The van der Waals surface area contributed by atoms with Crippen molar-refractivity contribution in [3.05, 3.63) is 24.0 Å². The Balaban J connectivity index is 2.84. The van der Waals surface area contributed by atoms with Gasteiger partial charge in [-0.3, -0.25) is 4.79 Å². The average Bonchev–Trinajstić information content (AvgIpc) is 2.31. The van der Waals surface area contributed by atoms with E-state index in [2.05, 4.69) is 5.32 Å². The van der Waals surface area contributed by atoms with Crippen molar-refractivity contribution in [1.82, 2.24) is 5.32 Å². The minimum atomic E-state index is -3.88. The maximum absolute atomic E-state index is 13.3. The first-order valence-electron chi connectivity index (χ1n) is 6.20. The minimum Gasteiger partial charge on any atom is -0.396 e. The molecule has 112 valence electrons. The first kappa shape index (κ1) is 16.4. The van der Waals surface area contributed by atoms with E-state index in [0.717, 1.165) is 12.1 Å². The standard InChI is InChI=1S/C13H19FN2O3S/c1-8(2)9(3)16-13(17)7-20(18,19)10-4-5-12(15)11(14)6-10/h4-6,8-9H,7,15H2,1-3H3,(H,16,17). The summed E-state index contributed by atoms with van der Waals surface area (Å²) in [5.41, 5.74) is 5.15. The SMILES string of the molecule is CC(C)C(C)NC(=O)CS(=O)(=O)c1ccc(N)c(F)c1. The van der Waals surface area contributed by atoms with Crippen molar-refractivity contribution in [1.29, 1.82) is 0 Å². The lowest BCUT2D eigenvalue weighted by Crippen LogP contribution is -2.39. The van der Waals surface area contributed by atoms with Gasteiger partial charge < -0.3 is 11.1 Å². The molecule has 1 atom stereocenters. The monoisotopic (exact) mass is 302 g/mol. The molecule has 0 spiro atoms. The number of benzene rings is 1. The van der Waals surface area contributed by atoms with E-state index in [9.17, 15) is 17.6 Å². The van der Waals surface area contributed by atoms with E-state index in [1.54, 1.807) is 6.92 Å². The first-order chi connectivity index (χ1) is 9.13. The summed E-state index contributed by atoms with van der Waals surface area (Å²) in [7, 11) is -3.88. The van der Waals surface area contributed by atoms with Crippen molar-refractivity contribution in [2.45, 2.75) is 31.7 Å². The highest BCUT2D eigenvalue weighted by atomic mass is 32.2. The summed E-state index contributed by atoms with van der Waals surface area (Å²) in [6, 6.07) is 3.04. The van der Waals surface area contributed by atoms with E-state index in [1.807, 2.05) is 13.8 Å². The lowest BCUT2D eigenvalue weighted by Gasteiger charge is -2.17. The summed E-state index contributed by atoms with van der Waals surface area (Å²) in [6.07, 6.45) is 0. The molecule has 1 aromatic carbocycles. The quantitative estimate of drug-likeness (QED) is 0.803. The van der Waals surface area contributed by atoms with Gasteiger partial charge in [-0.15, -0.1) is 0 Å². The lowest BCUT2D eigenvalue weighted by atomic mass is 10.1. The number of anilines is 1. The highest BCUT2D eigenvalue weighted by molar-refractivity contribution is 7.92. The van der Waals surface area contributed by atoms with Crippen molar-refractivity contribution in [3.63, 3.8) is 0 Å². The van der Waals surface area contributed by atoms with Gasteiger partial charge in [-0.1, -0.05) is 13.8 Å². The summed E-state index contributed by atoms with van der Waals surface area (Å²) in [4.78, 5) is 11.4. The van der Waals surface area contributed by atoms with Crippen LogP contribution < -0.4 is 11.1 Å². The Labute approximate surface area is 118 Å². The second-order valence-corrected chi connectivity index (χ2v) is 7.03. The normalized spacial score (nSPS) is 13.2. The number of amides is 1. The fourth-order valence-corrected chi connectivity index (χ4v) is 2.57. The van der Waals surface area contributed by atoms with Gasteiger partial charge in [-0.25, -0.2) is 12.8 Å². The molecule has 0 aliphatic heterocycles. The molecule has 1 amide bonds. The Hall–Kier alpha value is -1.63. The number of hydrogen-bond acceptors (Lipinski definition) is 4. The van der Waals surface area contributed by atoms with Gasteiger partial charge in [-0.05, 0) is 31.0 Å². The number of nitrogen functional groups attached to an aromatic ring is 1. The number of carbonyl (C=O) groups is 1. The smallest absolute Gasteiger partial charge is 0.235 e. The van der Waals surface area contributed by atoms with Gasteiger partial charge >= 0.3 is 0 Å². The molecule has 1 rings (SSSR count). The van der Waals surface area contributed by atoms with Crippen LogP contribution in [0.15, 0.2) is 23.1 Å². The molecule has 0 bridgehead atoms. The maximum atomic E-state index is 13.3. The van der Waals surface area contributed by atoms with Gasteiger partial charge in [0.15, 0.2) is 9.84 Å². The molecule has 20 heavy (non-hydrogen) atoms. The Morgan fingerprint density at radius 2 is 1.95 bits per heavy atom. The van der Waals surface area contributed by atoms with Crippen molar-refractivity contribution in [2.75, 3.05) is 11.5 Å². The number of sulfone groups is 1. The lowest BCUT2D eigenvalue weighted by molar-refractivity contribution is -0.119. The van der Waals surface area contributed by atoms with Crippen LogP contribution in [0.5, 0.6) is 0 Å². The minimum absolute atomic E-state index is 0.137. The fraction of sp³-hybridized carbons (Fsp3) is 0.462. The molecule has 0 radical (unpaired) electrons. The van der Waals surface area contributed by atoms with Crippen LogP contribution in [-0.2, 0) is 14.6 Å². The van der Waals surface area contributed by atoms with E-state index < -0.39 is 27.3 Å². The van der Waals surface area contributed by atoms with Gasteiger partial charge in [0.2, 0.25) is 5.91 Å². The molecular weight excluding hydrogens is 283 g/mol. The second kappa shape index (κ2) is 6.21. The molecule has 1 aromatic rings. The predicted octanol–water partition coefficient (Wildman–Crippen LogP) is 1.34. The van der Waals surface area contributed by atoms with Crippen LogP contribution in [-0.4, -0.2) is 26.1 Å². The Kier molecular flexibility index (Phi) is 5.10. The number of nitrogens with one attached hydrogen (secondary N) is 1. The Bertz CT molecular complexity index is 600. The van der Waals surface area contributed by atoms with Crippen LogP contribution in [0.1, 0.15) is 20.8 Å². The zero-order valence-electron chi connectivity index (χ0n) is 11.7. The van der Waals surface area contributed by atoms with Crippen LogP contribution in [0.4, 0.5) is 10.1 Å². The summed E-state index contributed by atoms with van der Waals surface area (Å²) in [5.74, 6) is -1.95. The molecule has 1 unspecified atom stereocenters. The third-order valence-corrected chi connectivity index (χ3v) is 4.66. The molecule has 0 saturated carbocycles. The fourth-order valence-electron chi connectivity index (χ4n) is 1.42. The third-order valence-electron chi connectivity index (χ3n) is 3.04. The molecule has 7 heteroatoms. The summed E-state index contributed by atoms with van der Waals surface area (Å²) >= 11 is 0. The van der Waals surface area contributed by atoms with E-state index >= 15 is 0 Å². The molecule has 0 fully saturated rings. The molecule has 0 aromatic heterocycles. The molecule has 0 saturated heterocycles. The zero-order chi connectivity index (χ0) is 15.5. The summed E-state index contributed by atoms with van der Waals surface area (Å²) < 4.78 is 37.3. The van der Waals surface area contributed by atoms with Gasteiger partial charge in [0, 0.05) is 6.04 Å².